The second-order valence-electron chi connectivity index (χ2n) is 5.66. The predicted octanol–water partition coefficient (Wildman–Crippen LogP) is 0.913. The van der Waals surface area contributed by atoms with Crippen LogP contribution >= 0.6 is 0 Å². The summed E-state index contributed by atoms with van der Waals surface area (Å²) in [6.07, 6.45) is 1.71. The summed E-state index contributed by atoms with van der Waals surface area (Å²) in [6.45, 7) is 7.91. The molecule has 0 saturated carbocycles. The van der Waals surface area contributed by atoms with Crippen LogP contribution in [0.4, 0.5) is 0 Å². The van der Waals surface area contributed by atoms with Gasteiger partial charge in [0, 0.05) is 32.2 Å². The fourth-order valence-electron chi connectivity index (χ4n) is 2.41. The van der Waals surface area contributed by atoms with Crippen molar-refractivity contribution in [2.45, 2.75) is 57.8 Å². The Morgan fingerprint density at radius 1 is 1.35 bits per heavy atom. The minimum Gasteiger partial charge on any atom is -0.392 e. The van der Waals surface area contributed by atoms with Crippen molar-refractivity contribution in [1.29, 1.82) is 0 Å². The lowest BCUT2D eigenvalue weighted by molar-refractivity contribution is -0.0775. The standard InChI is InChI=1S/C13H27NO3/c1-10(2)14-9-12(15)8-13(3,16)11-4-6-17-7-5-11/h10-12,14-16H,4-9H2,1-3H3/t12-,13+/m0/s1. The molecular formula is C13H27NO3. The van der Waals surface area contributed by atoms with E-state index in [1.165, 1.54) is 0 Å². The molecule has 0 aliphatic carbocycles. The minimum atomic E-state index is -0.790. The van der Waals surface area contributed by atoms with E-state index in [4.69, 9.17) is 4.74 Å². The zero-order valence-corrected chi connectivity index (χ0v) is 11.3. The van der Waals surface area contributed by atoms with Gasteiger partial charge in [-0.3, -0.25) is 0 Å². The lowest BCUT2D eigenvalue weighted by Gasteiger charge is -2.37. The van der Waals surface area contributed by atoms with Crippen molar-refractivity contribution in [3.05, 3.63) is 0 Å². The maximum absolute atomic E-state index is 10.4. The van der Waals surface area contributed by atoms with Crippen LogP contribution in [0, 0.1) is 5.92 Å². The van der Waals surface area contributed by atoms with Gasteiger partial charge in [-0.25, -0.2) is 0 Å². The fraction of sp³-hybridized carbons (Fsp3) is 1.00. The second kappa shape index (κ2) is 6.69. The Kier molecular flexibility index (Phi) is 5.86. The Labute approximate surface area is 104 Å². The van der Waals surface area contributed by atoms with Gasteiger partial charge in [0.15, 0.2) is 0 Å². The third-order valence-corrected chi connectivity index (χ3v) is 3.51. The van der Waals surface area contributed by atoms with Crippen molar-refractivity contribution in [1.82, 2.24) is 5.32 Å². The van der Waals surface area contributed by atoms with E-state index in [0.29, 0.717) is 19.0 Å². The molecule has 2 atom stereocenters. The zero-order chi connectivity index (χ0) is 12.9. The Morgan fingerprint density at radius 3 is 2.47 bits per heavy atom. The highest BCUT2D eigenvalue weighted by molar-refractivity contribution is 4.86. The van der Waals surface area contributed by atoms with E-state index in [1.54, 1.807) is 0 Å². The molecule has 0 aromatic heterocycles. The molecule has 102 valence electrons. The summed E-state index contributed by atoms with van der Waals surface area (Å²) in [5, 5.41) is 23.5. The smallest absolute Gasteiger partial charge is 0.0692 e. The van der Waals surface area contributed by atoms with E-state index in [9.17, 15) is 10.2 Å². The third kappa shape index (κ3) is 5.34. The Bertz CT molecular complexity index is 213. The van der Waals surface area contributed by atoms with Crippen LogP contribution in [0.2, 0.25) is 0 Å². The molecule has 4 nitrogen and oxygen atoms in total. The average molecular weight is 245 g/mol. The second-order valence-corrected chi connectivity index (χ2v) is 5.66. The normalized spacial score (nSPS) is 23.6. The van der Waals surface area contributed by atoms with Crippen LogP contribution in [0.15, 0.2) is 0 Å². The highest BCUT2D eigenvalue weighted by Gasteiger charge is 2.34. The highest BCUT2D eigenvalue weighted by Crippen LogP contribution is 2.30. The van der Waals surface area contributed by atoms with Gasteiger partial charge >= 0.3 is 0 Å². The monoisotopic (exact) mass is 245 g/mol. The number of aliphatic hydroxyl groups is 2. The van der Waals surface area contributed by atoms with Crippen molar-refractivity contribution < 1.29 is 14.9 Å². The van der Waals surface area contributed by atoms with Crippen molar-refractivity contribution in [3.63, 3.8) is 0 Å². The molecule has 0 amide bonds. The average Bonchev–Trinajstić information content (AvgIpc) is 2.27. The number of rotatable bonds is 6. The third-order valence-electron chi connectivity index (χ3n) is 3.51. The molecular weight excluding hydrogens is 218 g/mol. The molecule has 1 rings (SSSR count). The first-order valence-corrected chi connectivity index (χ1v) is 6.63. The van der Waals surface area contributed by atoms with Gasteiger partial charge in [-0.05, 0) is 25.7 Å². The summed E-state index contributed by atoms with van der Waals surface area (Å²) < 4.78 is 5.29. The van der Waals surface area contributed by atoms with Crippen LogP contribution in [0.5, 0.6) is 0 Å². The van der Waals surface area contributed by atoms with Crippen LogP contribution in [0.25, 0.3) is 0 Å². The summed E-state index contributed by atoms with van der Waals surface area (Å²) in [4.78, 5) is 0. The lowest BCUT2D eigenvalue weighted by atomic mass is 9.79. The number of hydrogen-bond acceptors (Lipinski definition) is 4. The van der Waals surface area contributed by atoms with Gasteiger partial charge in [0.05, 0.1) is 11.7 Å². The van der Waals surface area contributed by atoms with Crippen LogP contribution in [-0.4, -0.2) is 47.7 Å². The first-order chi connectivity index (χ1) is 7.92. The van der Waals surface area contributed by atoms with Gasteiger partial charge in [0.1, 0.15) is 0 Å². The number of ether oxygens (including phenoxy) is 1. The number of aliphatic hydroxyl groups excluding tert-OH is 1. The molecule has 17 heavy (non-hydrogen) atoms. The van der Waals surface area contributed by atoms with E-state index >= 15 is 0 Å². The van der Waals surface area contributed by atoms with Crippen molar-refractivity contribution in [3.8, 4) is 0 Å². The van der Waals surface area contributed by atoms with Crippen LogP contribution in [0.3, 0.4) is 0 Å². The summed E-state index contributed by atoms with van der Waals surface area (Å²) >= 11 is 0. The van der Waals surface area contributed by atoms with E-state index in [0.717, 1.165) is 26.1 Å². The summed E-state index contributed by atoms with van der Waals surface area (Å²) in [6, 6.07) is 0.359. The molecule has 0 aromatic rings. The first kappa shape index (κ1) is 14.9. The Morgan fingerprint density at radius 2 is 1.94 bits per heavy atom. The molecule has 0 unspecified atom stereocenters. The van der Waals surface area contributed by atoms with Gasteiger partial charge in [-0.2, -0.15) is 0 Å². The summed E-state index contributed by atoms with van der Waals surface area (Å²) in [5.41, 5.74) is -0.790. The highest BCUT2D eigenvalue weighted by atomic mass is 16.5. The molecule has 1 fully saturated rings. The van der Waals surface area contributed by atoms with Crippen LogP contribution in [0.1, 0.15) is 40.0 Å². The van der Waals surface area contributed by atoms with Gasteiger partial charge in [-0.15, -0.1) is 0 Å². The molecule has 0 bridgehead atoms. The van der Waals surface area contributed by atoms with Crippen molar-refractivity contribution in [2.75, 3.05) is 19.8 Å². The van der Waals surface area contributed by atoms with Crippen LogP contribution in [-0.2, 0) is 4.74 Å². The first-order valence-electron chi connectivity index (χ1n) is 6.63. The molecule has 1 heterocycles. The lowest BCUT2D eigenvalue weighted by Crippen LogP contribution is -2.43. The van der Waals surface area contributed by atoms with Crippen molar-refractivity contribution >= 4 is 0 Å². The van der Waals surface area contributed by atoms with Gasteiger partial charge < -0.3 is 20.3 Å². The van der Waals surface area contributed by atoms with E-state index in [-0.39, 0.29) is 5.92 Å². The van der Waals surface area contributed by atoms with Crippen molar-refractivity contribution in [2.24, 2.45) is 5.92 Å². The van der Waals surface area contributed by atoms with E-state index in [1.807, 2.05) is 20.8 Å². The quantitative estimate of drug-likeness (QED) is 0.651. The fourth-order valence-corrected chi connectivity index (χ4v) is 2.41. The van der Waals surface area contributed by atoms with E-state index in [2.05, 4.69) is 5.32 Å². The van der Waals surface area contributed by atoms with Gasteiger partial charge in [0.25, 0.3) is 0 Å². The maximum Gasteiger partial charge on any atom is 0.0692 e. The SMILES string of the molecule is CC(C)NC[C@@H](O)C[C@@](C)(O)C1CCOCC1. The Hall–Kier alpha value is -0.160. The maximum atomic E-state index is 10.4. The van der Waals surface area contributed by atoms with E-state index < -0.39 is 11.7 Å². The molecule has 3 N–H and O–H groups in total. The molecule has 1 aliphatic rings. The molecule has 4 heteroatoms. The summed E-state index contributed by atoms with van der Waals surface area (Å²) in [5.74, 6) is 0.241. The molecule has 0 spiro atoms. The number of nitrogens with one attached hydrogen (secondary N) is 1. The largest absolute Gasteiger partial charge is 0.392 e. The molecule has 0 radical (unpaired) electrons. The predicted molar refractivity (Wildman–Crippen MR) is 67.9 cm³/mol. The molecule has 1 aliphatic heterocycles. The van der Waals surface area contributed by atoms with Gasteiger partial charge in [0.2, 0.25) is 0 Å². The minimum absolute atomic E-state index is 0.241. The molecule has 1 saturated heterocycles. The van der Waals surface area contributed by atoms with Gasteiger partial charge in [-0.1, -0.05) is 13.8 Å². The zero-order valence-electron chi connectivity index (χ0n) is 11.3. The number of hydrogen-bond donors (Lipinski definition) is 3. The Balaban J connectivity index is 2.35. The van der Waals surface area contributed by atoms with Crippen LogP contribution < -0.4 is 5.32 Å². The molecule has 0 aromatic carbocycles. The summed E-state index contributed by atoms with van der Waals surface area (Å²) in [7, 11) is 0. The topological polar surface area (TPSA) is 61.7 Å².